The first-order valence-electron chi connectivity index (χ1n) is 8.98. The number of nitrogens with two attached hydrogens (primary N) is 1. The first-order chi connectivity index (χ1) is 11.6. The molecular weight excluding hydrogens is 304 g/mol. The number of carbonyl (C=O) groups is 1. The molecule has 1 saturated carbocycles. The Balaban J connectivity index is 1.52. The van der Waals surface area contributed by atoms with Gasteiger partial charge in [-0.25, -0.2) is 0 Å². The summed E-state index contributed by atoms with van der Waals surface area (Å²) in [6.45, 7) is 4.28. The maximum atomic E-state index is 12.8. The lowest BCUT2D eigenvalue weighted by atomic mass is 9.83. The van der Waals surface area contributed by atoms with Crippen LogP contribution >= 0.6 is 0 Å². The van der Waals surface area contributed by atoms with E-state index in [4.69, 9.17) is 5.73 Å². The second-order valence-corrected chi connectivity index (χ2v) is 7.02. The molecule has 2 aliphatic rings. The van der Waals surface area contributed by atoms with Crippen molar-refractivity contribution in [1.82, 2.24) is 14.8 Å². The Morgan fingerprint density at radius 1 is 1.25 bits per heavy atom. The number of aromatic nitrogens is 1. The van der Waals surface area contributed by atoms with Crippen LogP contribution in [-0.4, -0.2) is 64.1 Å². The summed E-state index contributed by atoms with van der Waals surface area (Å²) in [7, 11) is 0. The van der Waals surface area contributed by atoms with E-state index in [2.05, 4.69) is 9.88 Å². The van der Waals surface area contributed by atoms with Gasteiger partial charge in [0.1, 0.15) is 0 Å². The molecule has 1 aromatic heterocycles. The van der Waals surface area contributed by atoms with Gasteiger partial charge in [-0.3, -0.25) is 14.7 Å². The van der Waals surface area contributed by atoms with Crippen molar-refractivity contribution < 1.29 is 9.90 Å². The number of amides is 1. The van der Waals surface area contributed by atoms with E-state index in [9.17, 15) is 9.90 Å². The molecule has 0 aromatic carbocycles. The van der Waals surface area contributed by atoms with Crippen LogP contribution in [0.2, 0.25) is 0 Å². The molecule has 0 unspecified atom stereocenters. The van der Waals surface area contributed by atoms with E-state index in [1.165, 1.54) is 0 Å². The van der Waals surface area contributed by atoms with Crippen LogP contribution in [0.1, 0.15) is 31.4 Å². The van der Waals surface area contributed by atoms with Gasteiger partial charge in [-0.2, -0.15) is 0 Å². The fraction of sp³-hybridized carbons (Fsp3) is 0.667. The molecule has 24 heavy (non-hydrogen) atoms. The molecule has 6 heteroatoms. The smallest absolute Gasteiger partial charge is 0.225 e. The predicted molar refractivity (Wildman–Crippen MR) is 92.0 cm³/mol. The van der Waals surface area contributed by atoms with E-state index in [-0.39, 0.29) is 17.9 Å². The van der Waals surface area contributed by atoms with Crippen LogP contribution in [0.25, 0.3) is 0 Å². The zero-order valence-corrected chi connectivity index (χ0v) is 14.2. The summed E-state index contributed by atoms with van der Waals surface area (Å²) in [5.74, 6) is 0.197. The summed E-state index contributed by atoms with van der Waals surface area (Å²) in [5, 5.41) is 9.74. The number of nitrogens with zero attached hydrogens (tertiary/aromatic N) is 3. The van der Waals surface area contributed by atoms with E-state index < -0.39 is 6.10 Å². The van der Waals surface area contributed by atoms with Gasteiger partial charge in [-0.1, -0.05) is 6.07 Å². The van der Waals surface area contributed by atoms with Gasteiger partial charge >= 0.3 is 0 Å². The maximum absolute atomic E-state index is 12.8. The van der Waals surface area contributed by atoms with Gasteiger partial charge in [-0.15, -0.1) is 0 Å². The average molecular weight is 332 g/mol. The van der Waals surface area contributed by atoms with Crippen molar-refractivity contribution in [2.24, 2.45) is 11.7 Å². The van der Waals surface area contributed by atoms with Gasteiger partial charge in [0.15, 0.2) is 0 Å². The summed E-state index contributed by atoms with van der Waals surface area (Å²) in [6, 6.07) is 5.72. The Labute approximate surface area is 143 Å². The third-order valence-corrected chi connectivity index (χ3v) is 5.22. The first kappa shape index (κ1) is 17.3. The standard InChI is InChI=1S/C18H28N4O2/c19-16-12-14(5-6-17(16)23)18(24)22-9-3-8-21(10-11-22)13-15-4-1-2-7-20-15/h1-2,4,7,14,16-17,23H,3,5-6,8-13,19H2/t14-,16+,17+/m0/s1. The second kappa shape index (κ2) is 8.05. The number of hydrogen-bond donors (Lipinski definition) is 2. The van der Waals surface area contributed by atoms with E-state index in [1.54, 1.807) is 0 Å². The molecule has 2 fully saturated rings. The van der Waals surface area contributed by atoms with Crippen molar-refractivity contribution in [2.75, 3.05) is 26.2 Å². The molecule has 3 atom stereocenters. The van der Waals surface area contributed by atoms with Crippen LogP contribution in [0, 0.1) is 5.92 Å². The molecular formula is C18H28N4O2. The van der Waals surface area contributed by atoms with Gasteiger partial charge in [0.05, 0.1) is 11.8 Å². The second-order valence-electron chi connectivity index (χ2n) is 7.02. The van der Waals surface area contributed by atoms with Crippen molar-refractivity contribution in [3.05, 3.63) is 30.1 Å². The zero-order valence-electron chi connectivity index (χ0n) is 14.2. The summed E-state index contributed by atoms with van der Waals surface area (Å²) in [6.07, 6.45) is 4.35. The SMILES string of the molecule is N[C@@H]1C[C@@H](C(=O)N2CCCN(Cc3ccccn3)CC2)CC[C@H]1O. The third-order valence-electron chi connectivity index (χ3n) is 5.22. The molecule has 1 aliphatic heterocycles. The highest BCUT2D eigenvalue weighted by Gasteiger charge is 2.33. The maximum Gasteiger partial charge on any atom is 0.225 e. The molecule has 0 bridgehead atoms. The number of rotatable bonds is 3. The topological polar surface area (TPSA) is 82.7 Å². The van der Waals surface area contributed by atoms with Crippen LogP contribution in [0.5, 0.6) is 0 Å². The van der Waals surface area contributed by atoms with Gasteiger partial charge in [0, 0.05) is 50.9 Å². The number of aliphatic hydroxyl groups excluding tert-OH is 1. The molecule has 3 N–H and O–H groups in total. The predicted octanol–water partition coefficient (Wildman–Crippen LogP) is 0.604. The van der Waals surface area contributed by atoms with Gasteiger partial charge in [0.2, 0.25) is 5.91 Å². The van der Waals surface area contributed by atoms with E-state index in [1.807, 2.05) is 29.3 Å². The minimum atomic E-state index is -0.452. The lowest BCUT2D eigenvalue weighted by molar-refractivity contribution is -0.137. The quantitative estimate of drug-likeness (QED) is 0.847. The molecule has 0 radical (unpaired) electrons. The number of hydrogen-bond acceptors (Lipinski definition) is 5. The minimum absolute atomic E-state index is 0.0225. The van der Waals surface area contributed by atoms with Gasteiger partial charge in [0.25, 0.3) is 0 Å². The summed E-state index contributed by atoms with van der Waals surface area (Å²) in [5.41, 5.74) is 7.01. The fourth-order valence-electron chi connectivity index (χ4n) is 3.74. The number of carbonyl (C=O) groups excluding carboxylic acids is 1. The summed E-state index contributed by atoms with van der Waals surface area (Å²) >= 11 is 0. The Morgan fingerprint density at radius 2 is 2.12 bits per heavy atom. The van der Waals surface area contributed by atoms with Crippen LogP contribution < -0.4 is 5.73 Å². The van der Waals surface area contributed by atoms with Crippen LogP contribution in [0.3, 0.4) is 0 Å². The van der Waals surface area contributed by atoms with Crippen molar-refractivity contribution in [1.29, 1.82) is 0 Å². The van der Waals surface area contributed by atoms with Crippen LogP contribution in [-0.2, 0) is 11.3 Å². The number of pyridine rings is 1. The molecule has 1 aliphatic carbocycles. The van der Waals surface area contributed by atoms with Gasteiger partial charge in [-0.05, 0) is 37.8 Å². The first-order valence-corrected chi connectivity index (χ1v) is 8.98. The minimum Gasteiger partial charge on any atom is -0.392 e. The van der Waals surface area contributed by atoms with Crippen molar-refractivity contribution >= 4 is 5.91 Å². The molecule has 132 valence electrons. The molecule has 6 nitrogen and oxygen atoms in total. The normalized spacial score (nSPS) is 29.2. The fourth-order valence-corrected chi connectivity index (χ4v) is 3.74. The lowest BCUT2D eigenvalue weighted by Gasteiger charge is -2.33. The highest BCUT2D eigenvalue weighted by molar-refractivity contribution is 5.79. The van der Waals surface area contributed by atoms with Gasteiger partial charge < -0.3 is 15.7 Å². The highest BCUT2D eigenvalue weighted by atomic mass is 16.3. The van der Waals surface area contributed by atoms with Crippen LogP contribution in [0.15, 0.2) is 24.4 Å². The number of aliphatic hydroxyl groups is 1. The molecule has 1 aromatic rings. The summed E-state index contributed by atoms with van der Waals surface area (Å²) in [4.78, 5) is 21.5. The van der Waals surface area contributed by atoms with E-state index in [0.29, 0.717) is 12.8 Å². The molecule has 1 saturated heterocycles. The van der Waals surface area contributed by atoms with E-state index >= 15 is 0 Å². The molecule has 0 spiro atoms. The largest absolute Gasteiger partial charge is 0.392 e. The third kappa shape index (κ3) is 4.32. The average Bonchev–Trinajstić information content (AvgIpc) is 2.83. The van der Waals surface area contributed by atoms with Crippen molar-refractivity contribution in [3.8, 4) is 0 Å². The molecule has 3 rings (SSSR count). The molecule has 2 heterocycles. The van der Waals surface area contributed by atoms with Crippen molar-refractivity contribution in [3.63, 3.8) is 0 Å². The Bertz CT molecular complexity index is 539. The van der Waals surface area contributed by atoms with Crippen LogP contribution in [0.4, 0.5) is 0 Å². The molecule has 1 amide bonds. The van der Waals surface area contributed by atoms with Crippen molar-refractivity contribution in [2.45, 2.75) is 44.4 Å². The summed E-state index contributed by atoms with van der Waals surface area (Å²) < 4.78 is 0. The van der Waals surface area contributed by atoms with E-state index in [0.717, 1.165) is 51.3 Å². The zero-order chi connectivity index (χ0) is 16.9. The lowest BCUT2D eigenvalue weighted by Crippen LogP contribution is -2.46. The monoisotopic (exact) mass is 332 g/mol. The Kier molecular flexibility index (Phi) is 5.81. The highest BCUT2D eigenvalue weighted by Crippen LogP contribution is 2.26. The Morgan fingerprint density at radius 3 is 2.88 bits per heavy atom. The Hall–Kier alpha value is -1.50.